The summed E-state index contributed by atoms with van der Waals surface area (Å²) in [5, 5.41) is 4.82. The number of hydrogen-bond donors (Lipinski definition) is 1. The van der Waals surface area contributed by atoms with Crippen LogP contribution in [-0.2, 0) is 6.61 Å². The first-order valence-electron chi connectivity index (χ1n) is 10.1. The van der Waals surface area contributed by atoms with Crippen molar-refractivity contribution in [1.29, 1.82) is 0 Å². The molecule has 7 heteroatoms. The van der Waals surface area contributed by atoms with Crippen LogP contribution in [0.15, 0.2) is 86.8 Å². The van der Waals surface area contributed by atoms with E-state index >= 15 is 0 Å². The van der Waals surface area contributed by atoms with Gasteiger partial charge in [-0.3, -0.25) is 4.79 Å². The molecule has 0 unspecified atom stereocenters. The molecule has 0 aliphatic carbocycles. The van der Waals surface area contributed by atoms with Crippen LogP contribution in [0.1, 0.15) is 28.6 Å². The molecule has 1 amide bonds. The normalized spacial score (nSPS) is 11.1. The van der Waals surface area contributed by atoms with Crippen molar-refractivity contribution in [1.82, 2.24) is 5.43 Å². The van der Waals surface area contributed by atoms with Crippen LogP contribution in [0.5, 0.6) is 11.5 Å². The standard InChI is InChI=1S/C25H21BrN2O4/c1-2-30-20-9-11-22-19(13-20)14-24(32-22)25(29)28-27-15-18-8-10-23(21(26)12-18)31-16-17-6-4-3-5-7-17/h3-15H,2,16H2,1H3,(H,28,29)/b27-15+. The SMILES string of the molecule is CCOc1ccc2oc(C(=O)N/N=C/c3ccc(OCc4ccccc4)c(Br)c3)cc2c1. The van der Waals surface area contributed by atoms with E-state index in [-0.39, 0.29) is 5.76 Å². The number of hydrazone groups is 1. The average molecular weight is 493 g/mol. The van der Waals surface area contributed by atoms with E-state index in [0.717, 1.165) is 32.5 Å². The van der Waals surface area contributed by atoms with Crippen LogP contribution in [0.4, 0.5) is 0 Å². The molecular formula is C25H21BrN2O4. The van der Waals surface area contributed by atoms with Gasteiger partial charge in [-0.2, -0.15) is 5.10 Å². The van der Waals surface area contributed by atoms with Crippen molar-refractivity contribution in [2.24, 2.45) is 5.10 Å². The fourth-order valence-electron chi connectivity index (χ4n) is 3.06. The molecule has 0 spiro atoms. The molecule has 1 heterocycles. The number of nitrogens with one attached hydrogen (secondary N) is 1. The first-order chi connectivity index (χ1) is 15.6. The highest BCUT2D eigenvalue weighted by molar-refractivity contribution is 9.10. The van der Waals surface area contributed by atoms with Crippen molar-refractivity contribution in [2.75, 3.05) is 6.61 Å². The van der Waals surface area contributed by atoms with Gasteiger partial charge in [0.2, 0.25) is 0 Å². The Hall–Kier alpha value is -3.58. The lowest BCUT2D eigenvalue weighted by Gasteiger charge is -2.08. The van der Waals surface area contributed by atoms with Crippen LogP contribution in [0.3, 0.4) is 0 Å². The number of carbonyl (C=O) groups is 1. The lowest BCUT2D eigenvalue weighted by Crippen LogP contribution is -2.16. The first kappa shape index (κ1) is 21.6. The van der Waals surface area contributed by atoms with Gasteiger partial charge in [-0.25, -0.2) is 5.43 Å². The van der Waals surface area contributed by atoms with Gasteiger partial charge in [-0.1, -0.05) is 30.3 Å². The number of amides is 1. The van der Waals surface area contributed by atoms with Gasteiger partial charge in [0.1, 0.15) is 23.7 Å². The number of halogens is 1. The lowest BCUT2D eigenvalue weighted by molar-refractivity contribution is 0.0929. The van der Waals surface area contributed by atoms with Crippen LogP contribution in [0, 0.1) is 0 Å². The molecule has 0 aliphatic heterocycles. The van der Waals surface area contributed by atoms with Gasteiger partial charge in [0.05, 0.1) is 17.3 Å². The molecule has 0 aliphatic rings. The molecular weight excluding hydrogens is 472 g/mol. The summed E-state index contributed by atoms with van der Waals surface area (Å²) in [5.41, 5.74) is 4.99. The third kappa shape index (κ3) is 5.36. The summed E-state index contributed by atoms with van der Waals surface area (Å²) in [5.74, 6) is 1.20. The third-order valence-electron chi connectivity index (χ3n) is 4.60. The van der Waals surface area contributed by atoms with E-state index in [2.05, 4.69) is 26.5 Å². The van der Waals surface area contributed by atoms with Gasteiger partial charge < -0.3 is 13.9 Å². The second-order valence-corrected chi connectivity index (χ2v) is 7.76. The summed E-state index contributed by atoms with van der Waals surface area (Å²) >= 11 is 3.52. The van der Waals surface area contributed by atoms with Crippen LogP contribution in [0.25, 0.3) is 11.0 Å². The molecule has 4 rings (SSSR count). The molecule has 0 atom stereocenters. The van der Waals surface area contributed by atoms with Crippen LogP contribution < -0.4 is 14.9 Å². The molecule has 0 bridgehead atoms. The minimum Gasteiger partial charge on any atom is -0.494 e. The number of carbonyl (C=O) groups excluding carboxylic acids is 1. The van der Waals surface area contributed by atoms with Crippen molar-refractivity contribution >= 4 is 39.0 Å². The fourth-order valence-corrected chi connectivity index (χ4v) is 3.57. The van der Waals surface area contributed by atoms with E-state index in [9.17, 15) is 4.79 Å². The maximum atomic E-state index is 12.4. The summed E-state index contributed by atoms with van der Waals surface area (Å²) in [6.07, 6.45) is 1.56. The Balaban J connectivity index is 1.36. The molecule has 1 aromatic heterocycles. The largest absolute Gasteiger partial charge is 0.494 e. The van der Waals surface area contributed by atoms with Crippen LogP contribution >= 0.6 is 15.9 Å². The number of fused-ring (bicyclic) bond motifs is 1. The van der Waals surface area contributed by atoms with Crippen molar-refractivity contribution in [3.63, 3.8) is 0 Å². The predicted octanol–water partition coefficient (Wildman–Crippen LogP) is 5.94. The Morgan fingerprint density at radius 3 is 2.69 bits per heavy atom. The monoisotopic (exact) mass is 492 g/mol. The number of furan rings is 1. The van der Waals surface area contributed by atoms with E-state index in [1.54, 1.807) is 24.4 Å². The van der Waals surface area contributed by atoms with E-state index < -0.39 is 5.91 Å². The second-order valence-electron chi connectivity index (χ2n) is 6.91. The maximum Gasteiger partial charge on any atom is 0.307 e. The molecule has 4 aromatic rings. The Bertz CT molecular complexity index is 1250. The van der Waals surface area contributed by atoms with Crippen LogP contribution in [0.2, 0.25) is 0 Å². The highest BCUT2D eigenvalue weighted by atomic mass is 79.9. The first-order valence-corrected chi connectivity index (χ1v) is 10.9. The lowest BCUT2D eigenvalue weighted by atomic mass is 10.2. The predicted molar refractivity (Wildman–Crippen MR) is 127 cm³/mol. The molecule has 162 valence electrons. The van der Waals surface area contributed by atoms with E-state index in [0.29, 0.717) is 18.8 Å². The molecule has 0 radical (unpaired) electrons. The van der Waals surface area contributed by atoms with E-state index in [4.69, 9.17) is 13.9 Å². The minimum absolute atomic E-state index is 0.177. The molecule has 0 fully saturated rings. The molecule has 6 nitrogen and oxygen atoms in total. The molecule has 3 aromatic carbocycles. The zero-order valence-corrected chi connectivity index (χ0v) is 19.0. The van der Waals surface area contributed by atoms with Crippen LogP contribution in [-0.4, -0.2) is 18.7 Å². The minimum atomic E-state index is -0.433. The number of hydrogen-bond acceptors (Lipinski definition) is 5. The number of benzene rings is 3. The Kier molecular flexibility index (Phi) is 6.87. The highest BCUT2D eigenvalue weighted by Crippen LogP contribution is 2.27. The summed E-state index contributed by atoms with van der Waals surface area (Å²) < 4.78 is 17.7. The summed E-state index contributed by atoms with van der Waals surface area (Å²) in [6.45, 7) is 2.97. The zero-order valence-electron chi connectivity index (χ0n) is 17.4. The van der Waals surface area contributed by atoms with Crippen molar-refractivity contribution in [3.8, 4) is 11.5 Å². The van der Waals surface area contributed by atoms with Crippen molar-refractivity contribution in [2.45, 2.75) is 13.5 Å². The average Bonchev–Trinajstić information content (AvgIpc) is 3.23. The molecule has 32 heavy (non-hydrogen) atoms. The van der Waals surface area contributed by atoms with Crippen molar-refractivity contribution < 1.29 is 18.7 Å². The van der Waals surface area contributed by atoms with Gasteiger partial charge in [0, 0.05) is 5.39 Å². The van der Waals surface area contributed by atoms with E-state index in [1.165, 1.54) is 0 Å². The number of rotatable bonds is 8. The smallest absolute Gasteiger partial charge is 0.307 e. The third-order valence-corrected chi connectivity index (χ3v) is 5.22. The number of nitrogens with zero attached hydrogens (tertiary/aromatic N) is 1. The Labute approximate surface area is 194 Å². The Morgan fingerprint density at radius 2 is 1.91 bits per heavy atom. The zero-order chi connectivity index (χ0) is 22.3. The molecule has 1 N–H and O–H groups in total. The Morgan fingerprint density at radius 1 is 1.06 bits per heavy atom. The summed E-state index contributed by atoms with van der Waals surface area (Å²) in [6, 6.07) is 22.6. The topological polar surface area (TPSA) is 73.1 Å². The number of ether oxygens (including phenoxy) is 2. The second kappa shape index (κ2) is 10.2. The van der Waals surface area contributed by atoms with Gasteiger partial charge >= 0.3 is 5.91 Å². The summed E-state index contributed by atoms with van der Waals surface area (Å²) in [7, 11) is 0. The highest BCUT2D eigenvalue weighted by Gasteiger charge is 2.12. The van der Waals surface area contributed by atoms with Gasteiger partial charge in [-0.05, 0) is 76.4 Å². The molecule has 0 saturated heterocycles. The summed E-state index contributed by atoms with van der Waals surface area (Å²) in [4.78, 5) is 12.4. The van der Waals surface area contributed by atoms with E-state index in [1.807, 2.05) is 61.5 Å². The quantitative estimate of drug-likeness (QED) is 0.244. The molecule has 0 saturated carbocycles. The van der Waals surface area contributed by atoms with Gasteiger partial charge in [-0.15, -0.1) is 0 Å². The maximum absolute atomic E-state index is 12.4. The van der Waals surface area contributed by atoms with Gasteiger partial charge in [0.15, 0.2) is 5.76 Å². The fraction of sp³-hybridized carbons (Fsp3) is 0.120. The van der Waals surface area contributed by atoms with Gasteiger partial charge in [0.25, 0.3) is 0 Å². The van der Waals surface area contributed by atoms with Crippen molar-refractivity contribution in [3.05, 3.63) is 94.2 Å².